The van der Waals surface area contributed by atoms with Gasteiger partial charge >= 0.3 is 0 Å². The molecule has 4 nitrogen and oxygen atoms in total. The van der Waals surface area contributed by atoms with Crippen LogP contribution in [0.1, 0.15) is 12.8 Å². The van der Waals surface area contributed by atoms with E-state index in [0.717, 1.165) is 25.9 Å². The molecule has 5 heteroatoms. The van der Waals surface area contributed by atoms with Gasteiger partial charge in [0.15, 0.2) is 0 Å². The fourth-order valence-corrected chi connectivity index (χ4v) is 2.22. The molecule has 1 aliphatic rings. The SMILES string of the molecule is Nc1cccc(Cl)c1NCC(=O)N1CCCC1. The molecule has 0 spiro atoms. The summed E-state index contributed by atoms with van der Waals surface area (Å²) in [5.41, 5.74) is 6.99. The van der Waals surface area contributed by atoms with Crippen LogP contribution < -0.4 is 11.1 Å². The summed E-state index contributed by atoms with van der Waals surface area (Å²) in [5.74, 6) is 0.0989. The van der Waals surface area contributed by atoms with E-state index >= 15 is 0 Å². The number of hydrogen-bond acceptors (Lipinski definition) is 3. The van der Waals surface area contributed by atoms with Crippen LogP contribution in [0.3, 0.4) is 0 Å². The lowest BCUT2D eigenvalue weighted by molar-refractivity contribution is -0.128. The molecule has 2 rings (SSSR count). The number of likely N-dealkylation sites (tertiary alicyclic amines) is 1. The topological polar surface area (TPSA) is 58.4 Å². The lowest BCUT2D eigenvalue weighted by Gasteiger charge is -2.17. The van der Waals surface area contributed by atoms with E-state index in [2.05, 4.69) is 5.32 Å². The van der Waals surface area contributed by atoms with Crippen molar-refractivity contribution in [1.29, 1.82) is 0 Å². The van der Waals surface area contributed by atoms with E-state index in [9.17, 15) is 4.79 Å². The van der Waals surface area contributed by atoms with Crippen molar-refractivity contribution in [3.63, 3.8) is 0 Å². The van der Waals surface area contributed by atoms with Gasteiger partial charge in [-0.2, -0.15) is 0 Å². The van der Waals surface area contributed by atoms with E-state index in [0.29, 0.717) is 16.4 Å². The molecule has 3 N–H and O–H groups in total. The average molecular weight is 254 g/mol. The third-order valence-corrected chi connectivity index (χ3v) is 3.24. The number of carbonyl (C=O) groups excluding carboxylic acids is 1. The van der Waals surface area contributed by atoms with Gasteiger partial charge in [-0.05, 0) is 25.0 Å². The van der Waals surface area contributed by atoms with Crippen LogP contribution in [0.2, 0.25) is 5.02 Å². The van der Waals surface area contributed by atoms with Crippen molar-refractivity contribution < 1.29 is 4.79 Å². The monoisotopic (exact) mass is 253 g/mol. The molecule has 1 heterocycles. The molecular formula is C12H16ClN3O. The molecule has 1 aromatic rings. The summed E-state index contributed by atoms with van der Waals surface area (Å²) in [4.78, 5) is 13.7. The molecule has 0 atom stereocenters. The Morgan fingerprint density at radius 2 is 2.12 bits per heavy atom. The number of anilines is 2. The smallest absolute Gasteiger partial charge is 0.241 e. The predicted molar refractivity (Wildman–Crippen MR) is 70.2 cm³/mol. The molecule has 0 saturated carbocycles. The van der Waals surface area contributed by atoms with Crippen LogP contribution in [0.4, 0.5) is 11.4 Å². The Bertz CT molecular complexity index is 396. The number of rotatable bonds is 3. The van der Waals surface area contributed by atoms with Gasteiger partial charge < -0.3 is 16.0 Å². The van der Waals surface area contributed by atoms with Crippen molar-refractivity contribution >= 4 is 28.9 Å². The molecule has 0 bridgehead atoms. The maximum absolute atomic E-state index is 11.8. The number of nitrogens with two attached hydrogens (primary N) is 1. The number of halogens is 1. The van der Waals surface area contributed by atoms with Gasteiger partial charge in [0.1, 0.15) is 0 Å². The van der Waals surface area contributed by atoms with Gasteiger partial charge in [0, 0.05) is 13.1 Å². The van der Waals surface area contributed by atoms with Gasteiger partial charge in [-0.1, -0.05) is 17.7 Å². The largest absolute Gasteiger partial charge is 0.397 e. The zero-order chi connectivity index (χ0) is 12.3. The number of nitrogens with one attached hydrogen (secondary N) is 1. The minimum absolute atomic E-state index is 0.0989. The van der Waals surface area contributed by atoms with Gasteiger partial charge in [0.05, 0.1) is 22.9 Å². The van der Waals surface area contributed by atoms with Crippen LogP contribution in [-0.4, -0.2) is 30.4 Å². The van der Waals surface area contributed by atoms with E-state index in [1.165, 1.54) is 0 Å². The van der Waals surface area contributed by atoms with Crippen LogP contribution in [0.15, 0.2) is 18.2 Å². The summed E-state index contributed by atoms with van der Waals surface area (Å²) >= 11 is 6.01. The molecule has 0 unspecified atom stereocenters. The second-order valence-electron chi connectivity index (χ2n) is 4.15. The Morgan fingerprint density at radius 1 is 1.41 bits per heavy atom. The summed E-state index contributed by atoms with van der Waals surface area (Å²) in [6.07, 6.45) is 2.19. The van der Waals surface area contributed by atoms with Crippen molar-refractivity contribution in [1.82, 2.24) is 4.90 Å². The highest BCUT2D eigenvalue weighted by atomic mass is 35.5. The number of amides is 1. The first-order valence-corrected chi connectivity index (χ1v) is 6.12. The summed E-state index contributed by atoms with van der Waals surface area (Å²) in [6.45, 7) is 1.96. The lowest BCUT2D eigenvalue weighted by Crippen LogP contribution is -2.33. The van der Waals surface area contributed by atoms with E-state index in [1.54, 1.807) is 18.2 Å². The van der Waals surface area contributed by atoms with Crippen LogP contribution in [0.25, 0.3) is 0 Å². The standard InChI is InChI=1S/C12H16ClN3O/c13-9-4-3-5-10(14)12(9)15-8-11(17)16-6-1-2-7-16/h3-5,15H,1-2,6-8,14H2. The Morgan fingerprint density at radius 3 is 2.76 bits per heavy atom. The zero-order valence-corrected chi connectivity index (χ0v) is 10.3. The second kappa shape index (κ2) is 5.27. The van der Waals surface area contributed by atoms with Crippen molar-refractivity contribution in [2.24, 2.45) is 0 Å². The molecule has 92 valence electrons. The first-order chi connectivity index (χ1) is 8.18. The molecule has 0 aliphatic carbocycles. The van der Waals surface area contributed by atoms with Crippen molar-refractivity contribution in [3.05, 3.63) is 23.2 Å². The highest BCUT2D eigenvalue weighted by Crippen LogP contribution is 2.27. The normalized spacial score (nSPS) is 15.0. The minimum atomic E-state index is 0.0989. The van der Waals surface area contributed by atoms with Crippen LogP contribution in [-0.2, 0) is 4.79 Å². The number of hydrogen-bond donors (Lipinski definition) is 2. The molecule has 1 amide bonds. The van der Waals surface area contributed by atoms with Crippen LogP contribution in [0, 0.1) is 0 Å². The molecule has 0 aromatic heterocycles. The predicted octanol–water partition coefficient (Wildman–Crippen LogP) is 1.96. The van der Waals surface area contributed by atoms with Gasteiger partial charge in [-0.25, -0.2) is 0 Å². The summed E-state index contributed by atoms with van der Waals surface area (Å²) in [7, 11) is 0. The van der Waals surface area contributed by atoms with Crippen molar-refractivity contribution in [2.75, 3.05) is 30.7 Å². The van der Waals surface area contributed by atoms with Crippen LogP contribution in [0.5, 0.6) is 0 Å². The Kier molecular flexibility index (Phi) is 3.74. The molecule has 17 heavy (non-hydrogen) atoms. The Hall–Kier alpha value is -1.42. The van der Waals surface area contributed by atoms with Gasteiger partial charge in [-0.15, -0.1) is 0 Å². The minimum Gasteiger partial charge on any atom is -0.397 e. The number of para-hydroxylation sites is 1. The third kappa shape index (κ3) is 2.82. The highest BCUT2D eigenvalue weighted by molar-refractivity contribution is 6.33. The van der Waals surface area contributed by atoms with E-state index in [1.807, 2.05) is 4.90 Å². The van der Waals surface area contributed by atoms with Gasteiger partial charge in [0.2, 0.25) is 5.91 Å². The number of benzene rings is 1. The fourth-order valence-electron chi connectivity index (χ4n) is 1.97. The molecular weight excluding hydrogens is 238 g/mol. The average Bonchev–Trinajstić information content (AvgIpc) is 2.81. The number of carbonyl (C=O) groups is 1. The highest BCUT2D eigenvalue weighted by Gasteiger charge is 2.17. The molecule has 1 aliphatic heterocycles. The number of nitrogen functional groups attached to an aromatic ring is 1. The van der Waals surface area contributed by atoms with E-state index in [-0.39, 0.29) is 12.5 Å². The Labute approximate surface area is 106 Å². The third-order valence-electron chi connectivity index (χ3n) is 2.92. The Balaban J connectivity index is 1.95. The first-order valence-electron chi connectivity index (χ1n) is 5.74. The van der Waals surface area contributed by atoms with Crippen molar-refractivity contribution in [2.45, 2.75) is 12.8 Å². The first kappa shape index (κ1) is 12.0. The lowest BCUT2D eigenvalue weighted by atomic mass is 10.2. The molecule has 1 fully saturated rings. The summed E-state index contributed by atoms with van der Waals surface area (Å²) in [6, 6.07) is 5.29. The van der Waals surface area contributed by atoms with E-state index < -0.39 is 0 Å². The maximum Gasteiger partial charge on any atom is 0.241 e. The van der Waals surface area contributed by atoms with Gasteiger partial charge in [0.25, 0.3) is 0 Å². The van der Waals surface area contributed by atoms with Crippen LogP contribution >= 0.6 is 11.6 Å². The summed E-state index contributed by atoms with van der Waals surface area (Å²) in [5, 5.41) is 3.55. The van der Waals surface area contributed by atoms with E-state index in [4.69, 9.17) is 17.3 Å². The maximum atomic E-state index is 11.8. The second-order valence-corrected chi connectivity index (χ2v) is 4.55. The van der Waals surface area contributed by atoms with Crippen molar-refractivity contribution in [3.8, 4) is 0 Å². The molecule has 0 radical (unpaired) electrons. The summed E-state index contributed by atoms with van der Waals surface area (Å²) < 4.78 is 0. The van der Waals surface area contributed by atoms with Gasteiger partial charge in [-0.3, -0.25) is 4.79 Å². The molecule has 1 aromatic carbocycles. The fraction of sp³-hybridized carbons (Fsp3) is 0.417. The number of nitrogens with zero attached hydrogens (tertiary/aromatic N) is 1. The quantitative estimate of drug-likeness (QED) is 0.810. The molecule has 1 saturated heterocycles. The zero-order valence-electron chi connectivity index (χ0n) is 9.58.